The number of nitrogens with zero attached hydrogens (tertiary/aromatic N) is 3. The molecule has 1 fully saturated rings. The number of hydrazone groups is 1. The van der Waals surface area contributed by atoms with Gasteiger partial charge >= 0.3 is 12.2 Å². The van der Waals surface area contributed by atoms with E-state index in [-0.39, 0.29) is 36.3 Å². The third-order valence-electron chi connectivity index (χ3n) is 6.49. The number of para-hydroxylation sites is 1. The van der Waals surface area contributed by atoms with Crippen LogP contribution >= 0.6 is 11.6 Å². The molecule has 1 heterocycles. The summed E-state index contributed by atoms with van der Waals surface area (Å²) in [7, 11) is 0. The summed E-state index contributed by atoms with van der Waals surface area (Å²) in [6, 6.07) is 15.1. The fraction of sp³-hybridized carbons (Fsp3) is 0.241. The average molecular weight is 632 g/mol. The van der Waals surface area contributed by atoms with Crippen LogP contribution in [0.1, 0.15) is 11.1 Å². The van der Waals surface area contributed by atoms with Crippen LogP contribution in [0.5, 0.6) is 5.75 Å². The maximum atomic E-state index is 13.0. The van der Waals surface area contributed by atoms with Gasteiger partial charge < -0.3 is 21.1 Å². The molecule has 232 valence electrons. The van der Waals surface area contributed by atoms with E-state index in [1.807, 2.05) is 9.80 Å². The third-order valence-corrected chi connectivity index (χ3v) is 6.81. The van der Waals surface area contributed by atoms with E-state index in [1.54, 1.807) is 30.3 Å². The second-order valence-electron chi connectivity index (χ2n) is 9.80. The maximum Gasteiger partial charge on any atom is 0.417 e. The first-order chi connectivity index (χ1) is 21.0. The number of carbonyl (C=O) groups is 3. The molecule has 0 aliphatic carbocycles. The van der Waals surface area contributed by atoms with Gasteiger partial charge in [0.05, 0.1) is 29.9 Å². The first-order valence-corrected chi connectivity index (χ1v) is 13.7. The van der Waals surface area contributed by atoms with Gasteiger partial charge in [0.2, 0.25) is 5.91 Å². The molecule has 0 saturated carbocycles. The Bertz CT molecular complexity index is 1510. The van der Waals surface area contributed by atoms with Gasteiger partial charge in [-0.05, 0) is 54.6 Å². The number of nitrogens with one attached hydrogen (secondary N) is 4. The largest absolute Gasteiger partial charge is 0.507 e. The molecular formula is C29H29ClF3N7O4. The van der Waals surface area contributed by atoms with Gasteiger partial charge in [-0.3, -0.25) is 19.4 Å². The lowest BCUT2D eigenvalue weighted by molar-refractivity contribution is -0.137. The fourth-order valence-corrected chi connectivity index (χ4v) is 4.49. The zero-order valence-electron chi connectivity index (χ0n) is 23.2. The standard InChI is InChI=1S/C29H29ClF3N7O4/c30-24-10-9-22(15-23(24)29(31,32)33)37-28(44)36-21-7-5-20(6-8-21)35-26(42)17-39-11-13-40(14-12-39)18-27(43)38-34-16-19-3-1-2-4-25(19)41/h1-10,15-16,41H,11-14,17-18H2,(H,35,42)(H,38,43)(H2,36,37,44)/b34-16+. The number of hydrogen-bond donors (Lipinski definition) is 5. The Labute approximate surface area is 255 Å². The summed E-state index contributed by atoms with van der Waals surface area (Å²) >= 11 is 5.60. The quantitative estimate of drug-likeness (QED) is 0.175. The maximum absolute atomic E-state index is 13.0. The van der Waals surface area contributed by atoms with Crippen molar-refractivity contribution in [1.29, 1.82) is 0 Å². The van der Waals surface area contributed by atoms with Gasteiger partial charge in [-0.25, -0.2) is 10.2 Å². The Hall–Kier alpha value is -4.66. The van der Waals surface area contributed by atoms with Crippen molar-refractivity contribution in [2.45, 2.75) is 6.18 Å². The molecule has 15 heteroatoms. The number of phenolic OH excluding ortho intramolecular Hbond substituents is 1. The molecule has 4 rings (SSSR count). The van der Waals surface area contributed by atoms with Crippen LogP contribution in [-0.2, 0) is 15.8 Å². The number of phenols is 1. The molecule has 44 heavy (non-hydrogen) atoms. The molecule has 3 aromatic rings. The van der Waals surface area contributed by atoms with E-state index in [2.05, 4.69) is 26.5 Å². The molecule has 0 radical (unpaired) electrons. The van der Waals surface area contributed by atoms with Crippen molar-refractivity contribution in [3.63, 3.8) is 0 Å². The molecule has 4 amide bonds. The number of piperazine rings is 1. The highest BCUT2D eigenvalue weighted by Crippen LogP contribution is 2.36. The summed E-state index contributed by atoms with van der Waals surface area (Å²) in [5, 5.41) is 20.7. The number of amides is 4. The van der Waals surface area contributed by atoms with Gasteiger partial charge in [-0.1, -0.05) is 23.7 Å². The van der Waals surface area contributed by atoms with E-state index in [0.717, 1.165) is 12.1 Å². The van der Waals surface area contributed by atoms with Crippen molar-refractivity contribution in [2.24, 2.45) is 5.10 Å². The summed E-state index contributed by atoms with van der Waals surface area (Å²) in [6.45, 7) is 2.62. The Morgan fingerprint density at radius 1 is 0.818 bits per heavy atom. The van der Waals surface area contributed by atoms with Crippen LogP contribution in [0.25, 0.3) is 0 Å². The predicted octanol–water partition coefficient (Wildman–Crippen LogP) is 4.41. The number of benzene rings is 3. The lowest BCUT2D eigenvalue weighted by Crippen LogP contribution is -2.50. The molecule has 0 spiro atoms. The Balaban J connectivity index is 1.16. The highest BCUT2D eigenvalue weighted by molar-refractivity contribution is 6.31. The fourth-order valence-electron chi connectivity index (χ4n) is 4.27. The van der Waals surface area contributed by atoms with Gasteiger partial charge in [0, 0.05) is 48.8 Å². The van der Waals surface area contributed by atoms with Crippen LogP contribution in [0.3, 0.4) is 0 Å². The van der Waals surface area contributed by atoms with Crippen LogP contribution in [0.15, 0.2) is 71.8 Å². The molecular weight excluding hydrogens is 603 g/mol. The monoisotopic (exact) mass is 631 g/mol. The van der Waals surface area contributed by atoms with Crippen molar-refractivity contribution in [1.82, 2.24) is 15.2 Å². The molecule has 3 aromatic carbocycles. The number of rotatable bonds is 9. The molecule has 0 aromatic heterocycles. The molecule has 0 bridgehead atoms. The van der Waals surface area contributed by atoms with E-state index >= 15 is 0 Å². The van der Waals surface area contributed by atoms with Gasteiger partial charge in [0.25, 0.3) is 5.91 Å². The lowest BCUT2D eigenvalue weighted by Gasteiger charge is -2.33. The summed E-state index contributed by atoms with van der Waals surface area (Å²) in [6.07, 6.45) is -3.30. The third kappa shape index (κ3) is 9.69. The van der Waals surface area contributed by atoms with Crippen LogP contribution in [0, 0.1) is 0 Å². The van der Waals surface area contributed by atoms with E-state index < -0.39 is 22.8 Å². The summed E-state index contributed by atoms with van der Waals surface area (Å²) in [5.74, 6) is -0.471. The van der Waals surface area contributed by atoms with Gasteiger partial charge in [-0.15, -0.1) is 0 Å². The number of aromatic hydroxyl groups is 1. The van der Waals surface area contributed by atoms with Crippen LogP contribution in [-0.4, -0.2) is 78.2 Å². The Morgan fingerprint density at radius 2 is 1.36 bits per heavy atom. The number of anilines is 3. The predicted molar refractivity (Wildman–Crippen MR) is 161 cm³/mol. The van der Waals surface area contributed by atoms with E-state index in [0.29, 0.717) is 43.1 Å². The molecule has 5 N–H and O–H groups in total. The zero-order chi connectivity index (χ0) is 31.7. The molecule has 0 atom stereocenters. The number of urea groups is 1. The van der Waals surface area contributed by atoms with Gasteiger partial charge in [-0.2, -0.15) is 18.3 Å². The number of alkyl halides is 3. The van der Waals surface area contributed by atoms with Crippen molar-refractivity contribution in [2.75, 3.05) is 55.2 Å². The van der Waals surface area contributed by atoms with Gasteiger partial charge in [0.1, 0.15) is 5.75 Å². The van der Waals surface area contributed by atoms with Crippen molar-refractivity contribution in [3.8, 4) is 5.75 Å². The van der Waals surface area contributed by atoms with Crippen LogP contribution in [0.4, 0.5) is 35.0 Å². The van der Waals surface area contributed by atoms with Crippen LogP contribution < -0.4 is 21.4 Å². The average Bonchev–Trinajstić information content (AvgIpc) is 2.96. The smallest absolute Gasteiger partial charge is 0.417 e. The minimum Gasteiger partial charge on any atom is -0.507 e. The zero-order valence-corrected chi connectivity index (χ0v) is 24.0. The normalized spacial score (nSPS) is 14.3. The summed E-state index contributed by atoms with van der Waals surface area (Å²) < 4.78 is 39.1. The van der Waals surface area contributed by atoms with Crippen molar-refractivity contribution in [3.05, 3.63) is 82.9 Å². The first-order valence-electron chi connectivity index (χ1n) is 13.4. The minimum atomic E-state index is -4.66. The molecule has 0 unspecified atom stereocenters. The summed E-state index contributed by atoms with van der Waals surface area (Å²) in [4.78, 5) is 40.9. The van der Waals surface area contributed by atoms with Crippen molar-refractivity contribution < 1.29 is 32.7 Å². The molecule has 1 saturated heterocycles. The highest BCUT2D eigenvalue weighted by atomic mass is 35.5. The molecule has 11 nitrogen and oxygen atoms in total. The van der Waals surface area contributed by atoms with E-state index in [1.165, 1.54) is 30.5 Å². The molecule has 1 aliphatic rings. The van der Waals surface area contributed by atoms with Crippen LogP contribution in [0.2, 0.25) is 5.02 Å². The Kier molecular flexibility index (Phi) is 10.8. The second kappa shape index (κ2) is 14.7. The number of halogens is 4. The lowest BCUT2D eigenvalue weighted by atomic mass is 10.2. The minimum absolute atomic E-state index is 0.0610. The van der Waals surface area contributed by atoms with E-state index in [4.69, 9.17) is 11.6 Å². The van der Waals surface area contributed by atoms with E-state index in [9.17, 15) is 32.7 Å². The summed E-state index contributed by atoms with van der Waals surface area (Å²) in [5.41, 5.74) is 2.63. The number of hydrogen-bond acceptors (Lipinski definition) is 7. The topological polar surface area (TPSA) is 138 Å². The second-order valence-corrected chi connectivity index (χ2v) is 10.2. The van der Waals surface area contributed by atoms with Gasteiger partial charge in [0.15, 0.2) is 0 Å². The van der Waals surface area contributed by atoms with Crippen molar-refractivity contribution >= 4 is 52.7 Å². The molecule has 1 aliphatic heterocycles. The SMILES string of the molecule is O=C(CN1CCN(CC(=O)Nc2ccc(NC(=O)Nc3ccc(Cl)c(C(F)(F)F)c3)cc2)CC1)N/N=C/c1ccccc1O. The number of carbonyl (C=O) groups excluding carboxylic acids is 3. The first kappa shape index (κ1) is 32.3. The Morgan fingerprint density at radius 3 is 1.98 bits per heavy atom. The highest BCUT2D eigenvalue weighted by Gasteiger charge is 2.33.